The van der Waals surface area contributed by atoms with Crippen LogP contribution in [0.5, 0.6) is 5.75 Å². The van der Waals surface area contributed by atoms with Gasteiger partial charge in [-0.15, -0.1) is 11.8 Å². The third-order valence-electron chi connectivity index (χ3n) is 2.37. The first kappa shape index (κ1) is 11.8. The van der Waals surface area contributed by atoms with Gasteiger partial charge in [-0.2, -0.15) is 0 Å². The van der Waals surface area contributed by atoms with Gasteiger partial charge in [0.05, 0.1) is 18.6 Å². The SMILES string of the molecule is COc1cccc(N(C=O)C2NC(=O)CS2)c1. The smallest absolute Gasteiger partial charge is 0.232 e. The summed E-state index contributed by atoms with van der Waals surface area (Å²) in [6, 6.07) is 7.14. The molecule has 1 aromatic carbocycles. The molecule has 2 rings (SSSR count). The molecule has 1 fully saturated rings. The van der Waals surface area contributed by atoms with Gasteiger partial charge in [-0.05, 0) is 12.1 Å². The van der Waals surface area contributed by atoms with E-state index in [1.54, 1.807) is 31.4 Å². The van der Waals surface area contributed by atoms with Crippen molar-refractivity contribution in [3.05, 3.63) is 24.3 Å². The maximum absolute atomic E-state index is 11.1. The average Bonchev–Trinajstić information content (AvgIpc) is 2.77. The van der Waals surface area contributed by atoms with Crippen molar-refractivity contribution < 1.29 is 14.3 Å². The number of nitrogens with zero attached hydrogens (tertiary/aromatic N) is 1. The number of anilines is 1. The van der Waals surface area contributed by atoms with Crippen LogP contribution in [0.1, 0.15) is 0 Å². The van der Waals surface area contributed by atoms with Crippen molar-refractivity contribution in [2.24, 2.45) is 0 Å². The molecule has 0 radical (unpaired) electrons. The van der Waals surface area contributed by atoms with Crippen molar-refractivity contribution in [1.82, 2.24) is 5.32 Å². The van der Waals surface area contributed by atoms with Gasteiger partial charge in [-0.1, -0.05) is 6.07 Å². The zero-order valence-corrected chi connectivity index (χ0v) is 10.1. The topological polar surface area (TPSA) is 58.6 Å². The van der Waals surface area contributed by atoms with E-state index in [0.717, 1.165) is 0 Å². The molecule has 1 saturated heterocycles. The van der Waals surface area contributed by atoms with Crippen LogP contribution < -0.4 is 15.0 Å². The number of thioether (sulfide) groups is 1. The highest BCUT2D eigenvalue weighted by molar-refractivity contribution is 8.01. The number of carbonyl (C=O) groups is 2. The molecule has 1 unspecified atom stereocenters. The van der Waals surface area contributed by atoms with E-state index in [4.69, 9.17) is 4.74 Å². The number of rotatable bonds is 4. The Kier molecular flexibility index (Phi) is 3.53. The van der Waals surface area contributed by atoms with Crippen LogP contribution >= 0.6 is 11.8 Å². The van der Waals surface area contributed by atoms with Gasteiger partial charge in [0.1, 0.15) is 5.75 Å². The maximum atomic E-state index is 11.1. The fourth-order valence-electron chi connectivity index (χ4n) is 1.55. The molecule has 0 saturated carbocycles. The minimum atomic E-state index is -0.341. The molecule has 6 heteroatoms. The molecule has 17 heavy (non-hydrogen) atoms. The van der Waals surface area contributed by atoms with Gasteiger partial charge in [0, 0.05) is 6.07 Å². The van der Waals surface area contributed by atoms with E-state index in [-0.39, 0.29) is 11.4 Å². The molecule has 1 aliphatic rings. The zero-order valence-electron chi connectivity index (χ0n) is 9.25. The standard InChI is InChI=1S/C11H12N2O3S/c1-16-9-4-2-3-8(5-9)13(7-14)11-12-10(15)6-17-11/h2-5,7,11H,6H2,1H3,(H,12,15). The van der Waals surface area contributed by atoms with Crippen LogP contribution in [0, 0.1) is 0 Å². The Labute approximate surface area is 103 Å². The predicted octanol–water partition coefficient (Wildman–Crippen LogP) is 0.805. The van der Waals surface area contributed by atoms with Crippen molar-refractivity contribution in [3.63, 3.8) is 0 Å². The van der Waals surface area contributed by atoms with Crippen LogP contribution in [0.2, 0.25) is 0 Å². The van der Waals surface area contributed by atoms with Crippen LogP contribution in [0.15, 0.2) is 24.3 Å². The molecule has 90 valence electrons. The highest BCUT2D eigenvalue weighted by Crippen LogP contribution is 2.26. The normalized spacial score (nSPS) is 18.6. The molecule has 1 heterocycles. The Hall–Kier alpha value is -1.69. The lowest BCUT2D eigenvalue weighted by atomic mass is 10.3. The molecule has 1 aliphatic heterocycles. The lowest BCUT2D eigenvalue weighted by Gasteiger charge is -2.23. The molecule has 0 aromatic heterocycles. The second-order valence-corrected chi connectivity index (χ2v) is 4.51. The first-order valence-corrected chi connectivity index (χ1v) is 6.08. The lowest BCUT2D eigenvalue weighted by Crippen LogP contribution is -2.40. The quantitative estimate of drug-likeness (QED) is 0.805. The van der Waals surface area contributed by atoms with Crippen molar-refractivity contribution in [3.8, 4) is 5.75 Å². The van der Waals surface area contributed by atoms with E-state index >= 15 is 0 Å². The number of hydrogen-bond donors (Lipinski definition) is 1. The first-order chi connectivity index (χ1) is 8.24. The number of methoxy groups -OCH3 is 1. The summed E-state index contributed by atoms with van der Waals surface area (Å²) in [7, 11) is 1.57. The van der Waals surface area contributed by atoms with Gasteiger partial charge in [0.2, 0.25) is 12.3 Å². The summed E-state index contributed by atoms with van der Waals surface area (Å²) in [6.07, 6.45) is 0.706. The fraction of sp³-hybridized carbons (Fsp3) is 0.273. The largest absolute Gasteiger partial charge is 0.497 e. The van der Waals surface area contributed by atoms with E-state index in [1.165, 1.54) is 16.7 Å². The fourth-order valence-corrected chi connectivity index (χ4v) is 2.49. The molecule has 5 nitrogen and oxygen atoms in total. The Morgan fingerprint density at radius 1 is 1.59 bits per heavy atom. The third kappa shape index (κ3) is 2.52. The van der Waals surface area contributed by atoms with Crippen LogP contribution in [0.3, 0.4) is 0 Å². The molecule has 0 spiro atoms. The molecular weight excluding hydrogens is 240 g/mol. The van der Waals surface area contributed by atoms with Crippen LogP contribution in [0.25, 0.3) is 0 Å². The van der Waals surface area contributed by atoms with E-state index in [9.17, 15) is 9.59 Å². The number of carbonyl (C=O) groups excluding carboxylic acids is 2. The summed E-state index contributed by atoms with van der Waals surface area (Å²) in [5.41, 5.74) is 0.353. The summed E-state index contributed by atoms with van der Waals surface area (Å²) in [5, 5.41) is 2.72. The zero-order chi connectivity index (χ0) is 12.3. The Balaban J connectivity index is 2.22. The number of amides is 2. The van der Waals surface area contributed by atoms with Gasteiger partial charge in [-0.25, -0.2) is 0 Å². The van der Waals surface area contributed by atoms with E-state index in [1.807, 2.05) is 0 Å². The van der Waals surface area contributed by atoms with E-state index in [2.05, 4.69) is 5.32 Å². The van der Waals surface area contributed by atoms with Gasteiger partial charge < -0.3 is 10.1 Å². The predicted molar refractivity (Wildman–Crippen MR) is 65.9 cm³/mol. The van der Waals surface area contributed by atoms with Crippen molar-refractivity contribution in [2.45, 2.75) is 5.50 Å². The van der Waals surface area contributed by atoms with E-state index < -0.39 is 0 Å². The van der Waals surface area contributed by atoms with Gasteiger partial charge in [0.15, 0.2) is 5.50 Å². The Morgan fingerprint density at radius 2 is 2.41 bits per heavy atom. The number of nitrogens with one attached hydrogen (secondary N) is 1. The number of benzene rings is 1. The van der Waals surface area contributed by atoms with Crippen molar-refractivity contribution in [2.75, 3.05) is 17.8 Å². The summed E-state index contributed by atoms with van der Waals surface area (Å²) in [5.74, 6) is 0.984. The van der Waals surface area contributed by atoms with Crippen molar-refractivity contribution in [1.29, 1.82) is 0 Å². The van der Waals surface area contributed by atoms with E-state index in [0.29, 0.717) is 23.6 Å². The average molecular weight is 252 g/mol. The highest BCUT2D eigenvalue weighted by Gasteiger charge is 2.27. The first-order valence-electron chi connectivity index (χ1n) is 5.03. The molecular formula is C11H12N2O3S. The second kappa shape index (κ2) is 5.09. The maximum Gasteiger partial charge on any atom is 0.232 e. The van der Waals surface area contributed by atoms with Crippen LogP contribution in [0.4, 0.5) is 5.69 Å². The summed E-state index contributed by atoms with van der Waals surface area (Å²) in [4.78, 5) is 23.7. The molecule has 1 aromatic rings. The summed E-state index contributed by atoms with van der Waals surface area (Å²) in [6.45, 7) is 0. The minimum Gasteiger partial charge on any atom is -0.497 e. The monoisotopic (exact) mass is 252 g/mol. The third-order valence-corrected chi connectivity index (χ3v) is 3.46. The summed E-state index contributed by atoms with van der Waals surface area (Å²) >= 11 is 1.38. The van der Waals surface area contributed by atoms with Gasteiger partial charge in [-0.3, -0.25) is 14.5 Å². The van der Waals surface area contributed by atoms with Gasteiger partial charge >= 0.3 is 0 Å². The second-order valence-electron chi connectivity index (χ2n) is 3.45. The number of ether oxygens (including phenoxy) is 1. The molecule has 0 bridgehead atoms. The van der Waals surface area contributed by atoms with Gasteiger partial charge in [0.25, 0.3) is 0 Å². The van der Waals surface area contributed by atoms with Crippen molar-refractivity contribution >= 4 is 29.8 Å². The summed E-state index contributed by atoms with van der Waals surface area (Å²) < 4.78 is 5.10. The highest BCUT2D eigenvalue weighted by atomic mass is 32.2. The number of hydrogen-bond acceptors (Lipinski definition) is 4. The minimum absolute atomic E-state index is 0.0604. The lowest BCUT2D eigenvalue weighted by molar-refractivity contribution is -0.118. The van der Waals surface area contributed by atoms with Crippen LogP contribution in [-0.4, -0.2) is 30.7 Å². The Morgan fingerprint density at radius 3 is 3.00 bits per heavy atom. The Bertz CT molecular complexity index is 438. The van der Waals surface area contributed by atoms with Crippen LogP contribution in [-0.2, 0) is 9.59 Å². The molecule has 0 aliphatic carbocycles. The molecule has 2 amide bonds. The molecule has 1 atom stereocenters. The molecule has 1 N–H and O–H groups in total.